The van der Waals surface area contributed by atoms with Gasteiger partial charge in [-0.3, -0.25) is 0 Å². The van der Waals surface area contributed by atoms with Crippen LogP contribution in [0.1, 0.15) is 156 Å². The van der Waals surface area contributed by atoms with Crippen molar-refractivity contribution in [3.63, 3.8) is 0 Å². The molecule has 0 bridgehead atoms. The summed E-state index contributed by atoms with van der Waals surface area (Å²) in [7, 11) is -1.93. The first-order valence-corrected chi connectivity index (χ1v) is 16.8. The van der Waals surface area contributed by atoms with Gasteiger partial charge in [0.1, 0.15) is 0 Å². The van der Waals surface area contributed by atoms with E-state index in [2.05, 4.69) is 27.7 Å². The summed E-state index contributed by atoms with van der Waals surface area (Å²) in [5, 5.41) is 0. The molecule has 0 unspecified atom stereocenters. The highest BCUT2D eigenvalue weighted by molar-refractivity contribution is 6.67. The number of unbranched alkanes of at least 4 members (excludes halogenated alkanes) is 18. The lowest BCUT2D eigenvalue weighted by atomic mass is 10.0. The van der Waals surface area contributed by atoms with Gasteiger partial charge in [0.15, 0.2) is 0 Å². The van der Waals surface area contributed by atoms with Gasteiger partial charge in [0, 0.05) is 13.2 Å². The van der Waals surface area contributed by atoms with Gasteiger partial charge >= 0.3 is 8.56 Å². The molecule has 0 aliphatic heterocycles. The Labute approximate surface area is 198 Å². The third-order valence-electron chi connectivity index (χ3n) is 6.80. The fourth-order valence-corrected chi connectivity index (χ4v) is 6.83. The van der Waals surface area contributed by atoms with E-state index in [-0.39, 0.29) is 0 Å². The molecular formula is C28H60O2Si. The Bertz CT molecular complexity index is 331. The molecular weight excluding hydrogens is 396 g/mol. The van der Waals surface area contributed by atoms with Crippen molar-refractivity contribution < 1.29 is 8.85 Å². The van der Waals surface area contributed by atoms with Gasteiger partial charge in [-0.25, -0.2) is 0 Å². The molecule has 0 aromatic rings. The molecule has 0 saturated carbocycles. The van der Waals surface area contributed by atoms with Crippen LogP contribution in [0.15, 0.2) is 0 Å². The van der Waals surface area contributed by atoms with E-state index in [1.807, 2.05) is 0 Å². The van der Waals surface area contributed by atoms with E-state index >= 15 is 0 Å². The smallest absolute Gasteiger partial charge is 0.337 e. The zero-order chi connectivity index (χ0) is 22.9. The van der Waals surface area contributed by atoms with Gasteiger partial charge in [-0.2, -0.15) is 0 Å². The molecule has 2 nitrogen and oxygen atoms in total. The Morgan fingerprint density at radius 3 is 0.871 bits per heavy atom. The van der Waals surface area contributed by atoms with Gasteiger partial charge in [0.2, 0.25) is 0 Å². The zero-order valence-corrected chi connectivity index (χ0v) is 23.3. The first kappa shape index (κ1) is 31.1. The molecule has 0 saturated heterocycles. The number of hydrogen-bond acceptors (Lipinski definition) is 2. The Balaban J connectivity index is 3.56. The highest BCUT2D eigenvalue weighted by atomic mass is 28.4. The van der Waals surface area contributed by atoms with Gasteiger partial charge in [0.25, 0.3) is 0 Å². The lowest BCUT2D eigenvalue weighted by molar-refractivity contribution is 0.163. The molecule has 31 heavy (non-hydrogen) atoms. The second-order valence-electron chi connectivity index (χ2n) is 9.68. The second kappa shape index (κ2) is 24.8. The molecule has 0 fully saturated rings. The summed E-state index contributed by atoms with van der Waals surface area (Å²) in [5.74, 6) is 0. The topological polar surface area (TPSA) is 18.5 Å². The third kappa shape index (κ3) is 20.5. The van der Waals surface area contributed by atoms with Gasteiger partial charge in [0.05, 0.1) is 0 Å². The summed E-state index contributed by atoms with van der Waals surface area (Å²) in [6.45, 7) is 11.0. The summed E-state index contributed by atoms with van der Waals surface area (Å²) in [6, 6.07) is 2.19. The zero-order valence-electron chi connectivity index (χ0n) is 22.3. The van der Waals surface area contributed by atoms with Crippen LogP contribution in [0.2, 0.25) is 12.1 Å². The molecule has 0 aromatic heterocycles. The van der Waals surface area contributed by atoms with E-state index < -0.39 is 8.56 Å². The van der Waals surface area contributed by atoms with Crippen LogP contribution in [0.4, 0.5) is 0 Å². The van der Waals surface area contributed by atoms with Crippen LogP contribution in [0.25, 0.3) is 0 Å². The summed E-state index contributed by atoms with van der Waals surface area (Å²) in [4.78, 5) is 0. The molecule has 0 amide bonds. The Hall–Kier alpha value is 0.137. The van der Waals surface area contributed by atoms with Gasteiger partial charge in [-0.15, -0.1) is 0 Å². The van der Waals surface area contributed by atoms with Crippen LogP contribution in [-0.2, 0) is 8.85 Å². The first-order valence-electron chi connectivity index (χ1n) is 14.5. The minimum Gasteiger partial charge on any atom is -0.394 e. The van der Waals surface area contributed by atoms with E-state index in [0.717, 1.165) is 25.3 Å². The fraction of sp³-hybridized carbons (Fsp3) is 1.00. The van der Waals surface area contributed by atoms with Crippen molar-refractivity contribution in [2.75, 3.05) is 13.2 Å². The van der Waals surface area contributed by atoms with Crippen molar-refractivity contribution in [3.8, 4) is 0 Å². The summed E-state index contributed by atoms with van der Waals surface area (Å²) in [6.07, 6.45) is 27.7. The predicted octanol–water partition coefficient (Wildman–Crippen LogP) is 10.3. The molecule has 188 valence electrons. The van der Waals surface area contributed by atoms with Crippen molar-refractivity contribution in [2.45, 2.75) is 168 Å². The van der Waals surface area contributed by atoms with Gasteiger partial charge in [-0.1, -0.05) is 143 Å². The average molecular weight is 457 g/mol. The van der Waals surface area contributed by atoms with E-state index in [0.29, 0.717) is 0 Å². The summed E-state index contributed by atoms with van der Waals surface area (Å²) < 4.78 is 12.8. The fourth-order valence-electron chi connectivity index (χ4n) is 4.40. The summed E-state index contributed by atoms with van der Waals surface area (Å²) in [5.41, 5.74) is 0. The van der Waals surface area contributed by atoms with Crippen molar-refractivity contribution in [1.29, 1.82) is 0 Å². The monoisotopic (exact) mass is 456 g/mol. The molecule has 0 aromatic carbocycles. The molecule has 0 aliphatic carbocycles. The summed E-state index contributed by atoms with van der Waals surface area (Å²) >= 11 is 0. The Morgan fingerprint density at radius 2 is 0.613 bits per heavy atom. The van der Waals surface area contributed by atoms with Crippen LogP contribution < -0.4 is 0 Å². The quantitative estimate of drug-likeness (QED) is 0.0951. The van der Waals surface area contributed by atoms with Crippen molar-refractivity contribution in [3.05, 3.63) is 0 Å². The van der Waals surface area contributed by atoms with E-state index in [1.165, 1.54) is 128 Å². The molecule has 0 heterocycles. The maximum Gasteiger partial charge on any atom is 0.337 e. The number of rotatable bonds is 26. The third-order valence-corrected chi connectivity index (χ3v) is 10.4. The minimum absolute atomic E-state index is 0.917. The molecule has 3 heteroatoms. The standard InChI is InChI=1S/C28H60O2Si/c1-5-9-11-13-15-16-17-18-19-20-22-24-26-28-30-31(7-3,8-4)29-27-25-23-21-14-12-10-6-2/h5-28H2,1-4H3. The van der Waals surface area contributed by atoms with Gasteiger partial charge in [-0.05, 0) is 24.9 Å². The highest BCUT2D eigenvalue weighted by Crippen LogP contribution is 2.20. The minimum atomic E-state index is -1.93. The maximum atomic E-state index is 6.40. The van der Waals surface area contributed by atoms with Gasteiger partial charge < -0.3 is 8.85 Å². The predicted molar refractivity (Wildman–Crippen MR) is 142 cm³/mol. The molecule has 0 rings (SSSR count). The van der Waals surface area contributed by atoms with Crippen LogP contribution in [0.5, 0.6) is 0 Å². The lowest BCUT2D eigenvalue weighted by Gasteiger charge is -2.29. The maximum absolute atomic E-state index is 6.40. The normalized spacial score (nSPS) is 12.0. The van der Waals surface area contributed by atoms with Crippen molar-refractivity contribution >= 4 is 8.56 Å². The Morgan fingerprint density at radius 1 is 0.355 bits per heavy atom. The number of hydrogen-bond donors (Lipinski definition) is 0. The first-order chi connectivity index (χ1) is 15.2. The largest absolute Gasteiger partial charge is 0.394 e. The van der Waals surface area contributed by atoms with Crippen LogP contribution in [0.3, 0.4) is 0 Å². The van der Waals surface area contributed by atoms with Crippen LogP contribution in [0, 0.1) is 0 Å². The molecule has 0 N–H and O–H groups in total. The van der Waals surface area contributed by atoms with Crippen molar-refractivity contribution in [1.82, 2.24) is 0 Å². The highest BCUT2D eigenvalue weighted by Gasteiger charge is 2.33. The van der Waals surface area contributed by atoms with Crippen molar-refractivity contribution in [2.24, 2.45) is 0 Å². The molecule has 0 atom stereocenters. The Kier molecular flexibility index (Phi) is 24.9. The van der Waals surface area contributed by atoms with E-state index in [1.54, 1.807) is 0 Å². The van der Waals surface area contributed by atoms with E-state index in [9.17, 15) is 0 Å². The lowest BCUT2D eigenvalue weighted by Crippen LogP contribution is -2.41. The van der Waals surface area contributed by atoms with E-state index in [4.69, 9.17) is 8.85 Å². The molecule has 0 aliphatic rings. The van der Waals surface area contributed by atoms with Crippen LogP contribution >= 0.6 is 0 Å². The van der Waals surface area contributed by atoms with Crippen LogP contribution in [-0.4, -0.2) is 21.8 Å². The average Bonchev–Trinajstić information content (AvgIpc) is 2.79. The molecule has 0 spiro atoms. The second-order valence-corrected chi connectivity index (χ2v) is 13.5. The molecule has 0 radical (unpaired) electrons. The SMILES string of the molecule is CCCCCCCCCCCCCCCO[Si](CC)(CC)OCCCCCCCCC.